The monoisotopic (exact) mass is 292 g/mol. The van der Waals surface area contributed by atoms with Gasteiger partial charge in [0, 0.05) is 25.9 Å². The summed E-state index contributed by atoms with van der Waals surface area (Å²) in [6.45, 7) is 15.2. The van der Waals surface area contributed by atoms with Gasteiger partial charge in [0.25, 0.3) is 0 Å². The van der Waals surface area contributed by atoms with Crippen molar-refractivity contribution in [1.82, 2.24) is 9.80 Å². The Morgan fingerprint density at radius 2 is 1.05 bits per heavy atom. The van der Waals surface area contributed by atoms with E-state index < -0.39 is 0 Å². The molecule has 0 aromatic carbocycles. The fraction of sp³-hybridized carbons (Fsp3) is 0.778. The lowest BCUT2D eigenvalue weighted by atomic mass is 10.1. The van der Waals surface area contributed by atoms with Crippen LogP contribution in [0.3, 0.4) is 0 Å². The second-order valence-electron chi connectivity index (χ2n) is 6.48. The molecule has 2 rings (SSSR count). The van der Waals surface area contributed by atoms with Gasteiger partial charge in [0.2, 0.25) is 0 Å². The van der Waals surface area contributed by atoms with Crippen LogP contribution >= 0.6 is 0 Å². The Hall–Kier alpha value is -0.800. The molecule has 0 aromatic heterocycles. The molecule has 0 N–H and O–H groups in total. The summed E-state index contributed by atoms with van der Waals surface area (Å²) in [5, 5.41) is 0. The first kappa shape index (κ1) is 16.6. The Morgan fingerprint density at radius 3 is 1.43 bits per heavy atom. The molecule has 0 unspecified atom stereocenters. The van der Waals surface area contributed by atoms with Gasteiger partial charge in [0.1, 0.15) is 0 Å². The minimum Gasteiger partial charge on any atom is -0.467 e. The molecule has 0 atom stereocenters. The third-order valence-corrected chi connectivity index (χ3v) is 4.60. The van der Waals surface area contributed by atoms with E-state index in [1.807, 2.05) is 0 Å². The van der Waals surface area contributed by atoms with Gasteiger partial charge in [-0.25, -0.2) is 0 Å². The van der Waals surface area contributed by atoms with Crippen molar-refractivity contribution in [2.24, 2.45) is 0 Å². The van der Waals surface area contributed by atoms with Crippen LogP contribution in [0.1, 0.15) is 51.4 Å². The van der Waals surface area contributed by atoms with Gasteiger partial charge in [-0.2, -0.15) is 0 Å². The van der Waals surface area contributed by atoms with E-state index in [-0.39, 0.29) is 0 Å². The van der Waals surface area contributed by atoms with Crippen LogP contribution < -0.4 is 0 Å². The first-order chi connectivity index (χ1) is 10.2. The summed E-state index contributed by atoms with van der Waals surface area (Å²) in [4.78, 5) is 5.04. The lowest BCUT2D eigenvalue weighted by Crippen LogP contribution is -2.31. The fourth-order valence-corrected chi connectivity index (χ4v) is 3.24. The zero-order valence-corrected chi connectivity index (χ0v) is 13.6. The van der Waals surface area contributed by atoms with Gasteiger partial charge >= 0.3 is 0 Å². The van der Waals surface area contributed by atoms with Crippen LogP contribution in [0.15, 0.2) is 24.7 Å². The van der Waals surface area contributed by atoms with Crippen LogP contribution in [0.2, 0.25) is 0 Å². The summed E-state index contributed by atoms with van der Waals surface area (Å²) in [6, 6.07) is 0. The van der Waals surface area contributed by atoms with E-state index >= 15 is 0 Å². The summed E-state index contributed by atoms with van der Waals surface area (Å²) in [5.74, 6) is 1.76. The van der Waals surface area contributed by atoms with Crippen LogP contribution in [0.5, 0.6) is 0 Å². The molecule has 2 fully saturated rings. The molecule has 0 bridgehead atoms. The molecule has 120 valence electrons. The second-order valence-corrected chi connectivity index (χ2v) is 6.48. The summed E-state index contributed by atoms with van der Waals surface area (Å²) in [6.07, 6.45) is 10.0. The first-order valence-electron chi connectivity index (χ1n) is 8.72. The van der Waals surface area contributed by atoms with Crippen molar-refractivity contribution in [2.45, 2.75) is 51.4 Å². The minimum atomic E-state index is 0.879. The molecular weight excluding hydrogens is 260 g/mol. The lowest BCUT2D eigenvalue weighted by molar-refractivity contribution is 0.195. The molecule has 0 saturated carbocycles. The highest BCUT2D eigenvalue weighted by Crippen LogP contribution is 2.15. The standard InChI is InChI=1S/C18H32N2O/c1-17(9-15-19-11-5-3-6-12-19)21-18(2)10-16-20-13-7-4-8-14-20/h1-16H2. The van der Waals surface area contributed by atoms with Gasteiger partial charge in [-0.15, -0.1) is 0 Å². The third-order valence-electron chi connectivity index (χ3n) is 4.60. The van der Waals surface area contributed by atoms with Crippen LogP contribution in [-0.4, -0.2) is 49.1 Å². The number of nitrogens with zero attached hydrogens (tertiary/aromatic N) is 2. The molecule has 2 aliphatic heterocycles. The first-order valence-corrected chi connectivity index (χ1v) is 8.72. The Morgan fingerprint density at radius 1 is 0.667 bits per heavy atom. The zero-order chi connectivity index (χ0) is 14.9. The number of ether oxygens (including phenoxy) is 1. The Balaban J connectivity index is 1.54. The van der Waals surface area contributed by atoms with Crippen molar-refractivity contribution >= 4 is 0 Å². The van der Waals surface area contributed by atoms with Crippen molar-refractivity contribution in [3.05, 3.63) is 24.7 Å². The maximum absolute atomic E-state index is 5.79. The predicted octanol–water partition coefficient (Wildman–Crippen LogP) is 3.78. The highest BCUT2D eigenvalue weighted by Gasteiger charge is 2.12. The van der Waals surface area contributed by atoms with Gasteiger partial charge in [-0.3, -0.25) is 0 Å². The van der Waals surface area contributed by atoms with Gasteiger partial charge in [-0.05, 0) is 51.9 Å². The van der Waals surface area contributed by atoms with Gasteiger partial charge in [0.15, 0.2) is 0 Å². The summed E-state index contributed by atoms with van der Waals surface area (Å²) < 4.78 is 5.79. The Kier molecular flexibility index (Phi) is 7.31. The molecule has 2 heterocycles. The van der Waals surface area contributed by atoms with Crippen LogP contribution in [0, 0.1) is 0 Å². The van der Waals surface area contributed by atoms with E-state index in [1.165, 1.54) is 64.7 Å². The molecule has 0 aliphatic carbocycles. The minimum absolute atomic E-state index is 0.879. The molecule has 2 aliphatic rings. The van der Waals surface area contributed by atoms with E-state index in [2.05, 4.69) is 23.0 Å². The molecule has 21 heavy (non-hydrogen) atoms. The molecule has 0 radical (unpaired) electrons. The number of hydrogen-bond donors (Lipinski definition) is 0. The molecule has 0 amide bonds. The van der Waals surface area contributed by atoms with E-state index in [4.69, 9.17) is 4.74 Å². The molecule has 3 heteroatoms. The van der Waals surface area contributed by atoms with Gasteiger partial charge in [0.05, 0.1) is 11.5 Å². The largest absolute Gasteiger partial charge is 0.467 e. The SMILES string of the molecule is C=C(CCN1CCCCC1)OC(=C)CCN1CCCCC1. The van der Waals surface area contributed by atoms with Crippen molar-refractivity contribution in [2.75, 3.05) is 39.3 Å². The molecule has 2 saturated heterocycles. The van der Waals surface area contributed by atoms with Crippen LogP contribution in [0.25, 0.3) is 0 Å². The number of likely N-dealkylation sites (tertiary alicyclic amines) is 2. The quantitative estimate of drug-likeness (QED) is 0.633. The molecule has 3 nitrogen and oxygen atoms in total. The maximum Gasteiger partial charge on any atom is 0.0977 e. The molecular formula is C18H32N2O. The van der Waals surface area contributed by atoms with Gasteiger partial charge < -0.3 is 14.5 Å². The fourth-order valence-electron chi connectivity index (χ4n) is 3.24. The Labute approximate surface area is 130 Å². The average molecular weight is 292 g/mol. The highest BCUT2D eigenvalue weighted by atomic mass is 16.5. The van der Waals surface area contributed by atoms with Crippen LogP contribution in [0.4, 0.5) is 0 Å². The van der Waals surface area contributed by atoms with Crippen molar-refractivity contribution in [3.8, 4) is 0 Å². The molecule has 0 aromatic rings. The second kappa shape index (κ2) is 9.26. The van der Waals surface area contributed by atoms with E-state index in [0.29, 0.717) is 0 Å². The van der Waals surface area contributed by atoms with E-state index in [0.717, 1.165) is 37.4 Å². The topological polar surface area (TPSA) is 15.7 Å². The highest BCUT2D eigenvalue weighted by molar-refractivity contribution is 4.94. The number of piperidine rings is 2. The third kappa shape index (κ3) is 6.66. The number of rotatable bonds is 8. The van der Waals surface area contributed by atoms with Crippen LogP contribution in [-0.2, 0) is 4.74 Å². The smallest absolute Gasteiger partial charge is 0.0977 e. The Bertz CT molecular complexity index is 296. The molecule has 0 spiro atoms. The normalized spacial score (nSPS) is 21.1. The van der Waals surface area contributed by atoms with Crippen molar-refractivity contribution in [3.63, 3.8) is 0 Å². The zero-order valence-electron chi connectivity index (χ0n) is 13.6. The predicted molar refractivity (Wildman–Crippen MR) is 89.2 cm³/mol. The summed E-state index contributed by atoms with van der Waals surface area (Å²) in [7, 11) is 0. The van der Waals surface area contributed by atoms with Crippen molar-refractivity contribution < 1.29 is 4.74 Å². The van der Waals surface area contributed by atoms with E-state index in [1.54, 1.807) is 0 Å². The summed E-state index contributed by atoms with van der Waals surface area (Å²) >= 11 is 0. The lowest BCUT2D eigenvalue weighted by Gasteiger charge is -2.27. The number of hydrogen-bond acceptors (Lipinski definition) is 3. The van der Waals surface area contributed by atoms with Gasteiger partial charge in [-0.1, -0.05) is 26.0 Å². The summed E-state index contributed by atoms with van der Waals surface area (Å²) in [5.41, 5.74) is 0. The van der Waals surface area contributed by atoms with E-state index in [9.17, 15) is 0 Å². The maximum atomic E-state index is 5.79. The average Bonchev–Trinajstić information content (AvgIpc) is 2.53. The van der Waals surface area contributed by atoms with Crippen molar-refractivity contribution in [1.29, 1.82) is 0 Å².